The van der Waals surface area contributed by atoms with Crippen LogP contribution in [-0.2, 0) is 16.0 Å². The first-order valence-corrected chi connectivity index (χ1v) is 5.04. The van der Waals surface area contributed by atoms with Crippen molar-refractivity contribution >= 4 is 5.97 Å². The van der Waals surface area contributed by atoms with Gasteiger partial charge in [-0.15, -0.1) is 0 Å². The average molecular weight is 237 g/mol. The standard InChI is InChI=1S/C12H12FNO3/c1-3-17-11(15)6-8-4-9(7-14)12(16-2)10(13)5-8/h4-5H,3,6H2,1-2H3. The number of ether oxygens (including phenoxy) is 2. The van der Waals surface area contributed by atoms with Crippen molar-refractivity contribution < 1.29 is 18.7 Å². The van der Waals surface area contributed by atoms with Crippen LogP contribution in [0.1, 0.15) is 18.1 Å². The molecule has 4 nitrogen and oxygen atoms in total. The monoisotopic (exact) mass is 237 g/mol. The number of carbonyl (C=O) groups is 1. The Labute approximate surface area is 98.6 Å². The zero-order valence-corrected chi connectivity index (χ0v) is 9.62. The Morgan fingerprint density at radius 2 is 2.24 bits per heavy atom. The predicted molar refractivity (Wildman–Crippen MR) is 58.0 cm³/mol. The lowest BCUT2D eigenvalue weighted by atomic mass is 10.1. The summed E-state index contributed by atoms with van der Waals surface area (Å²) < 4.78 is 23.0. The summed E-state index contributed by atoms with van der Waals surface area (Å²) >= 11 is 0. The molecule has 1 aromatic rings. The smallest absolute Gasteiger partial charge is 0.310 e. The van der Waals surface area contributed by atoms with E-state index in [1.54, 1.807) is 6.92 Å². The highest BCUT2D eigenvalue weighted by Gasteiger charge is 2.13. The van der Waals surface area contributed by atoms with E-state index in [2.05, 4.69) is 0 Å². The first-order chi connectivity index (χ1) is 8.12. The minimum atomic E-state index is -0.661. The molecule has 17 heavy (non-hydrogen) atoms. The molecular weight excluding hydrogens is 225 g/mol. The Morgan fingerprint density at radius 1 is 1.53 bits per heavy atom. The fraction of sp³-hybridized carbons (Fsp3) is 0.333. The SMILES string of the molecule is CCOC(=O)Cc1cc(F)c(OC)c(C#N)c1. The van der Waals surface area contributed by atoms with Crippen LogP contribution >= 0.6 is 0 Å². The van der Waals surface area contributed by atoms with Crippen LogP contribution in [0.2, 0.25) is 0 Å². The van der Waals surface area contributed by atoms with Crippen LogP contribution in [0.3, 0.4) is 0 Å². The highest BCUT2D eigenvalue weighted by molar-refractivity contribution is 5.73. The molecule has 0 aliphatic carbocycles. The number of nitrogens with zero attached hydrogens (tertiary/aromatic N) is 1. The summed E-state index contributed by atoms with van der Waals surface area (Å²) in [6.45, 7) is 1.95. The lowest BCUT2D eigenvalue weighted by Gasteiger charge is -2.07. The molecule has 0 amide bonds. The Kier molecular flexibility index (Phi) is 4.46. The number of nitriles is 1. The second-order valence-electron chi connectivity index (χ2n) is 3.25. The fourth-order valence-electron chi connectivity index (χ4n) is 1.42. The largest absolute Gasteiger partial charge is 0.492 e. The second kappa shape index (κ2) is 5.85. The molecule has 0 saturated carbocycles. The van der Waals surface area contributed by atoms with Crippen molar-refractivity contribution in [3.05, 3.63) is 29.1 Å². The first kappa shape index (κ1) is 13.0. The first-order valence-electron chi connectivity index (χ1n) is 5.04. The van der Waals surface area contributed by atoms with E-state index >= 15 is 0 Å². The molecule has 5 heteroatoms. The molecule has 0 atom stereocenters. The number of benzene rings is 1. The van der Waals surface area contributed by atoms with Crippen LogP contribution in [0.4, 0.5) is 4.39 Å². The number of hydrogen-bond acceptors (Lipinski definition) is 4. The summed E-state index contributed by atoms with van der Waals surface area (Å²) in [6.07, 6.45) is -0.0660. The zero-order valence-electron chi connectivity index (χ0n) is 9.62. The Bertz CT molecular complexity index is 466. The lowest BCUT2D eigenvalue weighted by molar-refractivity contribution is -0.142. The van der Waals surface area contributed by atoms with Crippen molar-refractivity contribution in [2.24, 2.45) is 0 Å². The van der Waals surface area contributed by atoms with Gasteiger partial charge in [-0.2, -0.15) is 5.26 Å². The van der Waals surface area contributed by atoms with Gasteiger partial charge in [-0.3, -0.25) is 4.79 Å². The quantitative estimate of drug-likeness (QED) is 0.749. The van der Waals surface area contributed by atoms with Crippen LogP contribution in [0.25, 0.3) is 0 Å². The summed E-state index contributed by atoms with van der Waals surface area (Å²) in [5, 5.41) is 8.82. The average Bonchev–Trinajstić information content (AvgIpc) is 2.28. The van der Waals surface area contributed by atoms with E-state index in [1.807, 2.05) is 6.07 Å². The van der Waals surface area contributed by atoms with Gasteiger partial charge in [-0.05, 0) is 24.6 Å². The number of rotatable bonds is 4. The molecular formula is C12H12FNO3. The molecule has 1 rings (SSSR count). The molecule has 0 aromatic heterocycles. The molecule has 0 spiro atoms. The van der Waals surface area contributed by atoms with Crippen LogP contribution in [0.15, 0.2) is 12.1 Å². The van der Waals surface area contributed by atoms with Crippen molar-refractivity contribution in [1.82, 2.24) is 0 Å². The molecule has 0 aliphatic heterocycles. The number of esters is 1. The van der Waals surface area contributed by atoms with E-state index in [0.29, 0.717) is 5.56 Å². The molecule has 0 radical (unpaired) electrons. The van der Waals surface area contributed by atoms with Crippen molar-refractivity contribution in [3.8, 4) is 11.8 Å². The van der Waals surface area contributed by atoms with Gasteiger partial charge in [0.2, 0.25) is 0 Å². The molecule has 0 N–H and O–H groups in total. The van der Waals surface area contributed by atoms with Gasteiger partial charge in [0.1, 0.15) is 6.07 Å². The Balaban J connectivity index is 3.00. The van der Waals surface area contributed by atoms with Crippen LogP contribution < -0.4 is 4.74 Å². The Morgan fingerprint density at radius 3 is 2.76 bits per heavy atom. The van der Waals surface area contributed by atoms with Crippen molar-refractivity contribution in [1.29, 1.82) is 5.26 Å². The number of methoxy groups -OCH3 is 1. The maximum atomic E-state index is 13.5. The van der Waals surface area contributed by atoms with Gasteiger partial charge in [-0.1, -0.05) is 0 Å². The predicted octanol–water partition coefficient (Wildman–Crippen LogP) is 1.81. The van der Waals surface area contributed by atoms with Crippen molar-refractivity contribution in [2.45, 2.75) is 13.3 Å². The fourth-order valence-corrected chi connectivity index (χ4v) is 1.42. The third-order valence-electron chi connectivity index (χ3n) is 2.08. The van der Waals surface area contributed by atoms with E-state index in [0.717, 1.165) is 6.07 Å². The summed E-state index contributed by atoms with van der Waals surface area (Å²) in [6, 6.07) is 4.39. The molecule has 90 valence electrons. The van der Waals surface area contributed by atoms with E-state index in [-0.39, 0.29) is 24.3 Å². The normalized spacial score (nSPS) is 9.53. The van der Waals surface area contributed by atoms with Gasteiger partial charge in [0, 0.05) is 0 Å². The van der Waals surface area contributed by atoms with E-state index in [9.17, 15) is 9.18 Å². The van der Waals surface area contributed by atoms with E-state index in [1.165, 1.54) is 13.2 Å². The highest BCUT2D eigenvalue weighted by Crippen LogP contribution is 2.24. The Hall–Kier alpha value is -2.09. The summed E-state index contributed by atoms with van der Waals surface area (Å²) in [5.41, 5.74) is 0.449. The van der Waals surface area contributed by atoms with Gasteiger partial charge < -0.3 is 9.47 Å². The summed E-state index contributed by atoms with van der Waals surface area (Å²) in [5.74, 6) is -1.23. The molecule has 0 heterocycles. The third kappa shape index (κ3) is 3.18. The third-order valence-corrected chi connectivity index (χ3v) is 2.08. The maximum absolute atomic E-state index is 13.5. The summed E-state index contributed by atoms with van der Waals surface area (Å²) in [4.78, 5) is 11.2. The molecule has 0 unspecified atom stereocenters. The minimum absolute atomic E-state index is 0.0619. The van der Waals surface area contributed by atoms with Gasteiger partial charge in [-0.25, -0.2) is 4.39 Å². The van der Waals surface area contributed by atoms with E-state index in [4.69, 9.17) is 14.7 Å². The molecule has 1 aromatic carbocycles. The zero-order chi connectivity index (χ0) is 12.8. The van der Waals surface area contributed by atoms with Crippen LogP contribution in [0.5, 0.6) is 5.75 Å². The molecule has 0 aliphatic rings. The maximum Gasteiger partial charge on any atom is 0.310 e. The van der Waals surface area contributed by atoms with Gasteiger partial charge in [0.05, 0.1) is 25.7 Å². The molecule has 0 saturated heterocycles. The number of hydrogen-bond donors (Lipinski definition) is 0. The van der Waals surface area contributed by atoms with Gasteiger partial charge >= 0.3 is 5.97 Å². The van der Waals surface area contributed by atoms with Crippen molar-refractivity contribution in [2.75, 3.05) is 13.7 Å². The van der Waals surface area contributed by atoms with Crippen molar-refractivity contribution in [3.63, 3.8) is 0 Å². The minimum Gasteiger partial charge on any atom is -0.492 e. The lowest BCUT2D eigenvalue weighted by Crippen LogP contribution is -2.08. The number of halogens is 1. The van der Waals surface area contributed by atoms with Gasteiger partial charge in [0.25, 0.3) is 0 Å². The topological polar surface area (TPSA) is 59.3 Å². The highest BCUT2D eigenvalue weighted by atomic mass is 19.1. The molecule has 0 bridgehead atoms. The van der Waals surface area contributed by atoms with Crippen LogP contribution in [0, 0.1) is 17.1 Å². The second-order valence-corrected chi connectivity index (χ2v) is 3.25. The van der Waals surface area contributed by atoms with E-state index < -0.39 is 11.8 Å². The molecule has 0 fully saturated rings. The van der Waals surface area contributed by atoms with Crippen LogP contribution in [-0.4, -0.2) is 19.7 Å². The summed E-state index contributed by atoms with van der Waals surface area (Å²) in [7, 11) is 1.28. The van der Waals surface area contributed by atoms with Gasteiger partial charge in [0.15, 0.2) is 11.6 Å². The number of carbonyl (C=O) groups excluding carboxylic acids is 1.